The van der Waals surface area contributed by atoms with Gasteiger partial charge in [0.2, 0.25) is 0 Å². The molecule has 0 aromatic heterocycles. The van der Waals surface area contributed by atoms with Crippen molar-refractivity contribution >= 4 is 23.2 Å². The molecule has 0 aliphatic carbocycles. The normalized spacial score (nSPS) is 15.2. The lowest BCUT2D eigenvalue weighted by Crippen LogP contribution is -2.40. The Morgan fingerprint density at radius 1 is 1.00 bits per heavy atom. The number of halogens is 6. The molecule has 1 aliphatic rings. The minimum absolute atomic E-state index is 0.0189. The van der Waals surface area contributed by atoms with Gasteiger partial charge in [-0.2, -0.15) is 31.4 Å². The van der Waals surface area contributed by atoms with Gasteiger partial charge in [-0.3, -0.25) is 14.6 Å². The summed E-state index contributed by atoms with van der Waals surface area (Å²) in [5.41, 5.74) is -0.301. The smallest absolute Gasteiger partial charge is 0.305 e. The van der Waals surface area contributed by atoms with Crippen molar-refractivity contribution in [3.8, 4) is 0 Å². The lowest BCUT2D eigenvalue weighted by Gasteiger charge is -2.14. The van der Waals surface area contributed by atoms with Gasteiger partial charge in [-0.1, -0.05) is 0 Å². The summed E-state index contributed by atoms with van der Waals surface area (Å²) in [5, 5.41) is 6.56. The molecule has 1 aromatic carbocycles. The maximum absolute atomic E-state index is 12.3. The maximum atomic E-state index is 12.3. The highest BCUT2D eigenvalue weighted by Gasteiger charge is 2.40. The highest BCUT2D eigenvalue weighted by atomic mass is 19.4. The molecule has 5 nitrogen and oxygen atoms in total. The van der Waals surface area contributed by atoms with Crippen molar-refractivity contribution in [3.63, 3.8) is 0 Å². The Morgan fingerprint density at radius 3 is 2.08 bits per heavy atom. The van der Waals surface area contributed by atoms with E-state index in [0.717, 1.165) is 12.1 Å². The minimum Gasteiger partial charge on any atom is -0.305 e. The zero-order valence-electron chi connectivity index (χ0n) is 11.7. The summed E-state index contributed by atoms with van der Waals surface area (Å²) >= 11 is 0. The second-order valence-corrected chi connectivity index (χ2v) is 4.75. The monoisotopic (exact) mass is 353 g/mol. The molecule has 1 N–H and O–H groups in total. The van der Waals surface area contributed by atoms with Crippen LogP contribution in [0.25, 0.3) is 0 Å². The standard InChI is InChI=1S/C13H9F6N3O2/c14-12(15,16)10(23)7-1-3-8(4-2-7)22-6-5-9(21-22)20-11(24)13(17,18)19/h1-4H,5-6H2,(H,20,21,24). The number of rotatable bonds is 2. The largest absolute Gasteiger partial charge is 0.471 e. The van der Waals surface area contributed by atoms with Gasteiger partial charge in [0.15, 0.2) is 0 Å². The molecule has 0 radical (unpaired) electrons. The SMILES string of the molecule is O=C(NC1=NN(c2ccc(C(=O)C(F)(F)F)cc2)CC1)C(F)(F)F. The molecule has 0 spiro atoms. The van der Waals surface area contributed by atoms with Crippen LogP contribution in [0.2, 0.25) is 0 Å². The molecule has 2 rings (SSSR count). The van der Waals surface area contributed by atoms with Crippen molar-refractivity contribution in [2.75, 3.05) is 11.6 Å². The van der Waals surface area contributed by atoms with Gasteiger partial charge in [-0.25, -0.2) is 0 Å². The topological polar surface area (TPSA) is 61.8 Å². The average molecular weight is 353 g/mol. The van der Waals surface area contributed by atoms with Gasteiger partial charge in [-0.05, 0) is 24.3 Å². The molecule has 24 heavy (non-hydrogen) atoms. The first-order valence-electron chi connectivity index (χ1n) is 6.43. The fourth-order valence-electron chi connectivity index (χ4n) is 1.88. The van der Waals surface area contributed by atoms with Gasteiger partial charge in [-0.15, -0.1) is 0 Å². The van der Waals surface area contributed by atoms with E-state index in [4.69, 9.17) is 0 Å². The number of Topliss-reactive ketones (excluding diaryl/α,β-unsaturated/α-hetero) is 1. The lowest BCUT2D eigenvalue weighted by atomic mass is 10.1. The third kappa shape index (κ3) is 4.03. The summed E-state index contributed by atoms with van der Waals surface area (Å²) in [6, 6.07) is 4.23. The minimum atomic E-state index is -5.05. The Balaban J connectivity index is 2.08. The van der Waals surface area contributed by atoms with Crippen LogP contribution in [0.3, 0.4) is 0 Å². The van der Waals surface area contributed by atoms with Gasteiger partial charge in [0.25, 0.3) is 5.78 Å². The van der Waals surface area contributed by atoms with Gasteiger partial charge in [0.1, 0.15) is 5.84 Å². The average Bonchev–Trinajstić information content (AvgIpc) is 2.93. The van der Waals surface area contributed by atoms with Crippen LogP contribution in [0.1, 0.15) is 16.8 Å². The zero-order valence-corrected chi connectivity index (χ0v) is 11.7. The number of nitrogens with one attached hydrogen (secondary N) is 1. The summed E-state index contributed by atoms with van der Waals surface area (Å²) in [6.07, 6.45) is -10.0. The van der Waals surface area contributed by atoms with Crippen molar-refractivity contribution in [3.05, 3.63) is 29.8 Å². The Bertz CT molecular complexity index is 678. The second-order valence-electron chi connectivity index (χ2n) is 4.75. The van der Waals surface area contributed by atoms with Crippen LogP contribution < -0.4 is 10.3 Å². The van der Waals surface area contributed by atoms with Crippen LogP contribution in [0.5, 0.6) is 0 Å². The van der Waals surface area contributed by atoms with Crippen molar-refractivity contribution in [2.45, 2.75) is 18.8 Å². The van der Waals surface area contributed by atoms with Crippen molar-refractivity contribution in [1.82, 2.24) is 5.32 Å². The van der Waals surface area contributed by atoms with E-state index in [-0.39, 0.29) is 24.5 Å². The van der Waals surface area contributed by atoms with E-state index >= 15 is 0 Å². The van der Waals surface area contributed by atoms with E-state index < -0.39 is 29.6 Å². The van der Waals surface area contributed by atoms with E-state index in [0.29, 0.717) is 0 Å². The maximum Gasteiger partial charge on any atom is 0.471 e. The number of nitrogens with zero attached hydrogens (tertiary/aromatic N) is 2. The van der Waals surface area contributed by atoms with Crippen LogP contribution in [-0.4, -0.2) is 36.4 Å². The molecule has 1 aromatic rings. The first-order chi connectivity index (χ1) is 11.0. The molecule has 0 unspecified atom stereocenters. The Hall–Kier alpha value is -2.59. The van der Waals surface area contributed by atoms with Crippen molar-refractivity contribution in [1.29, 1.82) is 0 Å². The lowest BCUT2D eigenvalue weighted by molar-refractivity contribution is -0.171. The molecule has 0 bridgehead atoms. The van der Waals surface area contributed by atoms with Crippen molar-refractivity contribution < 1.29 is 35.9 Å². The Morgan fingerprint density at radius 2 is 1.58 bits per heavy atom. The first-order valence-corrected chi connectivity index (χ1v) is 6.43. The van der Waals surface area contributed by atoms with Gasteiger partial charge < -0.3 is 5.32 Å². The summed E-state index contributed by atoms with van der Waals surface area (Å²) in [6.45, 7) is 0.125. The number of hydrogen-bond acceptors (Lipinski definition) is 4. The van der Waals surface area contributed by atoms with Gasteiger partial charge >= 0.3 is 18.3 Å². The Kier molecular flexibility index (Phi) is 4.54. The zero-order chi connectivity index (χ0) is 18.1. The molecule has 1 amide bonds. The van der Waals surface area contributed by atoms with E-state index in [1.807, 2.05) is 0 Å². The van der Waals surface area contributed by atoms with E-state index in [1.165, 1.54) is 17.1 Å². The van der Waals surface area contributed by atoms with Crippen LogP contribution in [-0.2, 0) is 4.79 Å². The number of amidine groups is 1. The van der Waals surface area contributed by atoms with E-state index in [2.05, 4.69) is 5.10 Å². The molecular formula is C13H9F6N3O2. The van der Waals surface area contributed by atoms with Crippen LogP contribution >= 0.6 is 0 Å². The third-order valence-electron chi connectivity index (χ3n) is 3.00. The molecule has 0 fully saturated rings. The second kappa shape index (κ2) is 6.13. The number of alkyl halides is 6. The predicted octanol–water partition coefficient (Wildman–Crippen LogP) is 2.63. The summed E-state index contributed by atoms with van der Waals surface area (Å²) in [4.78, 5) is 21.8. The summed E-state index contributed by atoms with van der Waals surface area (Å²) in [5.74, 6) is -4.38. The number of hydrazone groups is 1. The highest BCUT2D eigenvalue weighted by Crippen LogP contribution is 2.25. The summed E-state index contributed by atoms with van der Waals surface area (Å²) < 4.78 is 73.3. The van der Waals surface area contributed by atoms with Crippen LogP contribution in [0.15, 0.2) is 29.4 Å². The molecule has 0 saturated carbocycles. The first kappa shape index (κ1) is 17.8. The third-order valence-corrected chi connectivity index (χ3v) is 3.00. The molecule has 1 heterocycles. The number of amides is 1. The van der Waals surface area contributed by atoms with Gasteiger partial charge in [0.05, 0.1) is 5.69 Å². The number of hydrogen-bond donors (Lipinski definition) is 1. The van der Waals surface area contributed by atoms with Gasteiger partial charge in [0, 0.05) is 18.5 Å². The van der Waals surface area contributed by atoms with E-state index in [1.54, 1.807) is 5.32 Å². The van der Waals surface area contributed by atoms with Crippen LogP contribution in [0, 0.1) is 0 Å². The number of carbonyl (C=O) groups is 2. The highest BCUT2D eigenvalue weighted by molar-refractivity contribution is 6.02. The number of carbonyl (C=O) groups excluding carboxylic acids is 2. The van der Waals surface area contributed by atoms with Crippen LogP contribution in [0.4, 0.5) is 32.0 Å². The van der Waals surface area contributed by atoms with Crippen molar-refractivity contribution in [2.24, 2.45) is 5.10 Å². The molecule has 1 aliphatic heterocycles. The molecule has 11 heteroatoms. The molecule has 0 atom stereocenters. The number of anilines is 1. The molecule has 130 valence electrons. The number of ketones is 1. The van der Waals surface area contributed by atoms with E-state index in [9.17, 15) is 35.9 Å². The summed E-state index contributed by atoms with van der Waals surface area (Å²) in [7, 11) is 0. The molecular weight excluding hydrogens is 344 g/mol. The fraction of sp³-hybridized carbons (Fsp3) is 0.308. The predicted molar refractivity (Wildman–Crippen MR) is 70.4 cm³/mol. The number of benzene rings is 1. The molecule has 0 saturated heterocycles. The quantitative estimate of drug-likeness (QED) is 0.657. The Labute approximate surface area is 130 Å². The fourth-order valence-corrected chi connectivity index (χ4v) is 1.88.